The number of anilines is 3. The van der Waals surface area contributed by atoms with E-state index in [-0.39, 0.29) is 22.7 Å². The van der Waals surface area contributed by atoms with Crippen LogP contribution in [0.15, 0.2) is 71.8 Å². The Labute approximate surface area is 286 Å². The van der Waals surface area contributed by atoms with Crippen molar-refractivity contribution in [2.45, 2.75) is 63.6 Å². The molecular weight excluding hydrogens is 646 g/mol. The van der Waals surface area contributed by atoms with Gasteiger partial charge in [-0.05, 0) is 105 Å². The summed E-state index contributed by atoms with van der Waals surface area (Å²) in [6, 6.07) is 16.0. The minimum absolute atomic E-state index is 0.0940. The summed E-state index contributed by atoms with van der Waals surface area (Å²) in [6.45, 7) is 8.10. The van der Waals surface area contributed by atoms with Gasteiger partial charge in [-0.3, -0.25) is 10.1 Å². The summed E-state index contributed by atoms with van der Waals surface area (Å²) < 4.78 is 43.3. The smallest absolute Gasteiger partial charge is 0.411 e. The number of carbonyl (C=O) groups excluding carboxylic acids is 2. The number of hydrogen-bond acceptors (Lipinski definition) is 10. The molecule has 1 aliphatic rings. The van der Waals surface area contributed by atoms with Gasteiger partial charge >= 0.3 is 6.09 Å². The molecule has 2 heterocycles. The number of pyridine rings is 1. The molecule has 1 aliphatic heterocycles. The van der Waals surface area contributed by atoms with Crippen molar-refractivity contribution < 1.29 is 32.2 Å². The molecule has 0 radical (unpaired) electrons. The van der Waals surface area contributed by atoms with Crippen molar-refractivity contribution in [1.82, 2.24) is 9.88 Å². The molecule has 4 aromatic rings. The van der Waals surface area contributed by atoms with Crippen LogP contribution in [0.1, 0.15) is 63.7 Å². The van der Waals surface area contributed by atoms with Gasteiger partial charge in [-0.1, -0.05) is 13.0 Å². The van der Waals surface area contributed by atoms with E-state index >= 15 is 0 Å². The lowest BCUT2D eigenvalue weighted by Crippen LogP contribution is -2.38. The van der Waals surface area contributed by atoms with Crippen molar-refractivity contribution in [2.75, 3.05) is 42.4 Å². The van der Waals surface area contributed by atoms with Gasteiger partial charge in [0.1, 0.15) is 11.9 Å². The van der Waals surface area contributed by atoms with E-state index in [1.54, 1.807) is 36.2 Å². The molecule has 49 heavy (non-hydrogen) atoms. The van der Waals surface area contributed by atoms with Gasteiger partial charge in [0.25, 0.3) is 0 Å². The topological polar surface area (TPSA) is 162 Å². The Hall–Kier alpha value is -5.04. The molecule has 1 aromatic heterocycles. The molecule has 0 saturated carbocycles. The zero-order chi connectivity index (χ0) is 35.3. The number of fused-ring (bicyclic) bond motifs is 1. The third-order valence-corrected chi connectivity index (χ3v) is 10.2. The van der Waals surface area contributed by atoms with Crippen LogP contribution in [0.25, 0.3) is 10.8 Å². The minimum atomic E-state index is -3.68. The summed E-state index contributed by atoms with van der Waals surface area (Å²) >= 11 is 0. The first-order valence-electron chi connectivity index (χ1n) is 16.3. The number of hydrogen-bond donors (Lipinski definition) is 3. The Kier molecular flexibility index (Phi) is 10.8. The monoisotopic (exact) mass is 689 g/mol. The first-order chi connectivity index (χ1) is 23.4. The number of aromatic nitrogens is 1. The van der Waals surface area contributed by atoms with Crippen LogP contribution < -0.4 is 25.8 Å². The van der Waals surface area contributed by atoms with Crippen LogP contribution >= 0.6 is 0 Å². The summed E-state index contributed by atoms with van der Waals surface area (Å²) in [5, 5.41) is 7.70. The molecule has 0 spiro atoms. The molecule has 0 aliphatic carbocycles. The quantitative estimate of drug-likeness (QED) is 0.150. The predicted octanol–water partition coefficient (Wildman–Crippen LogP) is 6.49. The fourth-order valence-corrected chi connectivity index (χ4v) is 7.22. The Balaban J connectivity index is 1.60. The van der Waals surface area contributed by atoms with Gasteiger partial charge in [-0.2, -0.15) is 0 Å². The van der Waals surface area contributed by atoms with E-state index in [2.05, 4.69) is 15.6 Å². The van der Waals surface area contributed by atoms with Crippen LogP contribution in [-0.4, -0.2) is 62.4 Å². The summed E-state index contributed by atoms with van der Waals surface area (Å²) in [4.78, 5) is 32.9. The normalized spacial score (nSPS) is 15.2. The highest BCUT2D eigenvalue weighted by atomic mass is 32.2. The van der Waals surface area contributed by atoms with Gasteiger partial charge in [0.2, 0.25) is 5.91 Å². The van der Waals surface area contributed by atoms with Crippen molar-refractivity contribution >= 4 is 49.8 Å². The van der Waals surface area contributed by atoms with E-state index in [1.165, 1.54) is 19.2 Å². The third kappa shape index (κ3) is 7.83. The standard InChI is InChI=1S/C36H43N5O7S/c1-6-47-31-20-24(10-14-30(31)48-22(3)4)33(39-25-11-13-27-23(19-25)16-17-38-34(27)37)35(42)41-18-8-9-29(41)28-21-26(40-36(43)46-5)12-15-32(28)49(44,45)7-2/h10-17,19-22,29,33,39H,6-9,18H2,1-5H3,(H2,37,38)(H,40,43)/t29-,33+/m1/s1. The highest BCUT2D eigenvalue weighted by molar-refractivity contribution is 7.91. The average molecular weight is 690 g/mol. The van der Waals surface area contributed by atoms with Crippen LogP contribution in [-0.2, 0) is 19.4 Å². The average Bonchev–Trinajstić information content (AvgIpc) is 3.58. The second kappa shape index (κ2) is 15.0. The van der Waals surface area contributed by atoms with Crippen molar-refractivity contribution in [3.05, 3.63) is 78.0 Å². The maximum Gasteiger partial charge on any atom is 0.411 e. The van der Waals surface area contributed by atoms with Gasteiger partial charge in [-0.25, -0.2) is 18.2 Å². The molecule has 260 valence electrons. The SMILES string of the molecule is CCOc1cc([C@H](Nc2ccc3c(N)nccc3c2)C(=O)N2CCC[C@@H]2c2cc(NC(=O)OC)ccc2S(=O)(=O)CC)ccc1OC(C)C. The number of nitrogens with two attached hydrogens (primary N) is 1. The fourth-order valence-electron chi connectivity index (χ4n) is 6.08. The van der Waals surface area contributed by atoms with E-state index in [0.29, 0.717) is 65.8 Å². The van der Waals surface area contributed by atoms with E-state index < -0.39 is 28.0 Å². The number of nitrogens with zero attached hydrogens (tertiary/aromatic N) is 2. The number of benzene rings is 3. The Bertz CT molecular complexity index is 1950. The zero-order valence-corrected chi connectivity index (χ0v) is 29.2. The molecule has 2 atom stereocenters. The number of nitrogens with one attached hydrogen (secondary N) is 2. The maximum absolute atomic E-state index is 14.8. The highest BCUT2D eigenvalue weighted by Crippen LogP contribution is 2.41. The summed E-state index contributed by atoms with van der Waals surface area (Å²) in [5.41, 5.74) is 8.20. The maximum atomic E-state index is 14.8. The molecule has 5 rings (SSSR count). The molecule has 13 heteroatoms. The van der Waals surface area contributed by atoms with Crippen LogP contribution in [0.3, 0.4) is 0 Å². The number of carbonyl (C=O) groups is 2. The molecule has 0 bridgehead atoms. The minimum Gasteiger partial charge on any atom is -0.490 e. The molecule has 0 unspecified atom stereocenters. The summed E-state index contributed by atoms with van der Waals surface area (Å²) in [5.74, 6) is 1.08. The van der Waals surface area contributed by atoms with Crippen LogP contribution in [0, 0.1) is 0 Å². The summed E-state index contributed by atoms with van der Waals surface area (Å²) in [7, 11) is -2.44. The first-order valence-corrected chi connectivity index (χ1v) is 18.0. The van der Waals surface area contributed by atoms with Gasteiger partial charge in [-0.15, -0.1) is 0 Å². The van der Waals surface area contributed by atoms with Crippen molar-refractivity contribution in [3.63, 3.8) is 0 Å². The zero-order valence-electron chi connectivity index (χ0n) is 28.4. The Morgan fingerprint density at radius 1 is 1.02 bits per heavy atom. The van der Waals surface area contributed by atoms with Gasteiger partial charge in [0, 0.05) is 29.5 Å². The van der Waals surface area contributed by atoms with Crippen molar-refractivity contribution in [1.29, 1.82) is 0 Å². The molecular formula is C36H43N5O7S. The first kappa shape index (κ1) is 35.3. The number of amides is 2. The third-order valence-electron chi connectivity index (χ3n) is 8.37. The lowest BCUT2D eigenvalue weighted by molar-refractivity contribution is -0.133. The summed E-state index contributed by atoms with van der Waals surface area (Å²) in [6.07, 6.45) is 2.02. The van der Waals surface area contributed by atoms with Crippen LogP contribution in [0.5, 0.6) is 11.5 Å². The van der Waals surface area contributed by atoms with Crippen LogP contribution in [0.4, 0.5) is 22.0 Å². The second-order valence-corrected chi connectivity index (χ2v) is 14.2. The van der Waals surface area contributed by atoms with E-state index in [1.807, 2.05) is 51.1 Å². The number of rotatable bonds is 12. The number of nitrogen functional groups attached to an aromatic ring is 1. The van der Waals surface area contributed by atoms with E-state index in [0.717, 1.165) is 10.8 Å². The van der Waals surface area contributed by atoms with Crippen LogP contribution in [0.2, 0.25) is 0 Å². The number of ether oxygens (including phenoxy) is 3. The molecule has 1 saturated heterocycles. The molecule has 2 amide bonds. The second-order valence-electron chi connectivity index (χ2n) is 12.0. The lowest BCUT2D eigenvalue weighted by Gasteiger charge is -2.31. The van der Waals surface area contributed by atoms with Crippen molar-refractivity contribution in [2.24, 2.45) is 0 Å². The number of methoxy groups -OCH3 is 1. The largest absolute Gasteiger partial charge is 0.490 e. The number of sulfone groups is 1. The van der Waals surface area contributed by atoms with Gasteiger partial charge < -0.3 is 30.2 Å². The Morgan fingerprint density at radius 3 is 2.51 bits per heavy atom. The van der Waals surface area contributed by atoms with Gasteiger partial charge in [0.05, 0.1) is 36.5 Å². The fraction of sp³-hybridized carbons (Fsp3) is 0.361. The molecule has 1 fully saturated rings. The van der Waals surface area contributed by atoms with Crippen molar-refractivity contribution in [3.8, 4) is 11.5 Å². The predicted molar refractivity (Wildman–Crippen MR) is 190 cm³/mol. The lowest BCUT2D eigenvalue weighted by atomic mass is 10.00. The highest BCUT2D eigenvalue weighted by Gasteiger charge is 2.38. The molecule has 3 aromatic carbocycles. The molecule has 4 N–H and O–H groups in total. The van der Waals surface area contributed by atoms with E-state index in [4.69, 9.17) is 19.9 Å². The van der Waals surface area contributed by atoms with E-state index in [9.17, 15) is 18.0 Å². The van der Waals surface area contributed by atoms with Gasteiger partial charge in [0.15, 0.2) is 21.3 Å². The Morgan fingerprint density at radius 2 is 1.80 bits per heavy atom. The number of likely N-dealkylation sites (tertiary alicyclic amines) is 1. The molecule has 12 nitrogen and oxygen atoms in total.